The number of aromatic nitrogens is 1. The largest absolute Gasteiger partial charge is 0.497 e. The zero-order valence-corrected chi connectivity index (χ0v) is 13.3. The Bertz CT molecular complexity index is 898. The van der Waals surface area contributed by atoms with Gasteiger partial charge in [-0.1, -0.05) is 0 Å². The number of hydrogen-bond donors (Lipinski definition) is 3. The number of aromatic amines is 1. The second-order valence-corrected chi connectivity index (χ2v) is 5.33. The molecule has 0 saturated carbocycles. The summed E-state index contributed by atoms with van der Waals surface area (Å²) in [5.74, 6) is 0.331. The Hall–Kier alpha value is -3.28. The third-order valence-electron chi connectivity index (χ3n) is 3.60. The van der Waals surface area contributed by atoms with Gasteiger partial charge in [0.25, 0.3) is 5.91 Å². The second-order valence-electron chi connectivity index (χ2n) is 5.33. The molecule has 3 rings (SSSR count). The molecule has 6 nitrogen and oxygen atoms in total. The maximum Gasteiger partial charge on any atom is 0.257 e. The van der Waals surface area contributed by atoms with Crippen LogP contribution in [-0.2, 0) is 4.79 Å². The summed E-state index contributed by atoms with van der Waals surface area (Å²) in [5.41, 5.74) is 2.72. The molecular formula is C18H17N3O3. The van der Waals surface area contributed by atoms with Crippen LogP contribution < -0.4 is 15.4 Å². The summed E-state index contributed by atoms with van der Waals surface area (Å²) in [6.45, 7) is 1.45. The van der Waals surface area contributed by atoms with Crippen molar-refractivity contribution < 1.29 is 14.3 Å². The first kappa shape index (κ1) is 15.6. The Morgan fingerprint density at radius 1 is 1.00 bits per heavy atom. The van der Waals surface area contributed by atoms with Gasteiger partial charge in [0.1, 0.15) is 5.75 Å². The van der Waals surface area contributed by atoms with Crippen LogP contribution in [0.1, 0.15) is 17.3 Å². The Morgan fingerprint density at radius 3 is 2.29 bits per heavy atom. The van der Waals surface area contributed by atoms with Crippen LogP contribution in [0.5, 0.6) is 5.75 Å². The summed E-state index contributed by atoms with van der Waals surface area (Å²) in [4.78, 5) is 26.6. The van der Waals surface area contributed by atoms with Gasteiger partial charge in [0.05, 0.1) is 12.7 Å². The molecule has 0 atom stereocenters. The number of ether oxygens (including phenoxy) is 1. The minimum atomic E-state index is -0.221. The molecule has 0 bridgehead atoms. The average molecular weight is 323 g/mol. The van der Waals surface area contributed by atoms with Crippen molar-refractivity contribution in [3.05, 3.63) is 54.2 Å². The number of carbonyl (C=O) groups excluding carboxylic acids is 2. The number of hydrogen-bond acceptors (Lipinski definition) is 3. The van der Waals surface area contributed by atoms with Crippen LogP contribution in [0.2, 0.25) is 0 Å². The van der Waals surface area contributed by atoms with Gasteiger partial charge < -0.3 is 20.4 Å². The molecule has 3 N–H and O–H groups in total. The fourth-order valence-electron chi connectivity index (χ4n) is 2.45. The van der Waals surface area contributed by atoms with Gasteiger partial charge in [0.15, 0.2) is 0 Å². The highest BCUT2D eigenvalue weighted by molar-refractivity contribution is 6.13. The predicted octanol–water partition coefficient (Wildman–Crippen LogP) is 3.39. The molecule has 3 aromatic rings. The number of methoxy groups -OCH3 is 1. The molecule has 24 heavy (non-hydrogen) atoms. The number of fused-ring (bicyclic) bond motifs is 1. The zero-order valence-electron chi connectivity index (χ0n) is 13.3. The Kier molecular flexibility index (Phi) is 4.20. The molecule has 0 aliphatic carbocycles. The smallest absolute Gasteiger partial charge is 0.257 e. The summed E-state index contributed by atoms with van der Waals surface area (Å²) in [7, 11) is 1.59. The maximum atomic E-state index is 12.5. The van der Waals surface area contributed by atoms with E-state index < -0.39 is 0 Å². The van der Waals surface area contributed by atoms with E-state index in [9.17, 15) is 9.59 Å². The molecule has 0 unspecified atom stereocenters. The van der Waals surface area contributed by atoms with Crippen molar-refractivity contribution >= 4 is 34.1 Å². The highest BCUT2D eigenvalue weighted by Gasteiger charge is 2.13. The highest BCUT2D eigenvalue weighted by Crippen LogP contribution is 2.24. The van der Waals surface area contributed by atoms with E-state index in [0.717, 1.165) is 10.9 Å². The minimum absolute atomic E-state index is 0.139. The summed E-state index contributed by atoms with van der Waals surface area (Å²) >= 11 is 0. The summed E-state index contributed by atoms with van der Waals surface area (Å²) in [5, 5.41) is 6.31. The van der Waals surface area contributed by atoms with Crippen molar-refractivity contribution in [2.75, 3.05) is 17.7 Å². The summed E-state index contributed by atoms with van der Waals surface area (Å²) in [6, 6.07) is 12.5. The van der Waals surface area contributed by atoms with E-state index in [1.165, 1.54) is 6.92 Å². The van der Waals surface area contributed by atoms with Gasteiger partial charge in [-0.25, -0.2) is 0 Å². The van der Waals surface area contributed by atoms with E-state index in [1.54, 1.807) is 37.6 Å². The molecule has 0 saturated heterocycles. The van der Waals surface area contributed by atoms with Crippen molar-refractivity contribution in [1.29, 1.82) is 0 Å². The van der Waals surface area contributed by atoms with Crippen molar-refractivity contribution in [2.45, 2.75) is 6.92 Å². The number of rotatable bonds is 4. The van der Waals surface area contributed by atoms with Crippen LogP contribution >= 0.6 is 0 Å². The topological polar surface area (TPSA) is 83.2 Å². The minimum Gasteiger partial charge on any atom is -0.497 e. The number of carbonyl (C=O) groups is 2. The molecule has 2 aromatic carbocycles. The van der Waals surface area contributed by atoms with Crippen molar-refractivity contribution in [1.82, 2.24) is 4.98 Å². The van der Waals surface area contributed by atoms with Crippen LogP contribution in [0.3, 0.4) is 0 Å². The molecule has 1 heterocycles. The van der Waals surface area contributed by atoms with E-state index in [0.29, 0.717) is 22.7 Å². The number of benzene rings is 2. The number of anilines is 2. The lowest BCUT2D eigenvalue weighted by Crippen LogP contribution is -2.11. The van der Waals surface area contributed by atoms with Crippen LogP contribution in [0, 0.1) is 0 Å². The lowest BCUT2D eigenvalue weighted by atomic mass is 10.1. The molecular weight excluding hydrogens is 306 g/mol. The zero-order chi connectivity index (χ0) is 17.1. The monoisotopic (exact) mass is 323 g/mol. The van der Waals surface area contributed by atoms with E-state index in [4.69, 9.17) is 4.74 Å². The van der Waals surface area contributed by atoms with Crippen molar-refractivity contribution in [3.63, 3.8) is 0 Å². The van der Waals surface area contributed by atoms with Crippen molar-refractivity contribution in [3.8, 4) is 5.75 Å². The van der Waals surface area contributed by atoms with Gasteiger partial charge in [0, 0.05) is 35.4 Å². The van der Waals surface area contributed by atoms with E-state index in [2.05, 4.69) is 15.6 Å². The number of nitrogens with one attached hydrogen (secondary N) is 3. The molecule has 0 spiro atoms. The molecule has 1 aromatic heterocycles. The van der Waals surface area contributed by atoms with Gasteiger partial charge in [0.2, 0.25) is 5.91 Å². The first-order valence-electron chi connectivity index (χ1n) is 7.41. The second kappa shape index (κ2) is 6.45. The van der Waals surface area contributed by atoms with Crippen LogP contribution in [0.4, 0.5) is 11.4 Å². The predicted molar refractivity (Wildman–Crippen MR) is 93.5 cm³/mol. The first-order chi connectivity index (χ1) is 11.6. The van der Waals surface area contributed by atoms with E-state index in [-0.39, 0.29) is 11.8 Å². The maximum absolute atomic E-state index is 12.5. The fourth-order valence-corrected chi connectivity index (χ4v) is 2.45. The summed E-state index contributed by atoms with van der Waals surface area (Å²) < 4.78 is 5.21. The van der Waals surface area contributed by atoms with Gasteiger partial charge in [-0.2, -0.15) is 0 Å². The lowest BCUT2D eigenvalue weighted by Gasteiger charge is -2.07. The van der Waals surface area contributed by atoms with Gasteiger partial charge in [-0.05, 0) is 42.5 Å². The van der Waals surface area contributed by atoms with Crippen molar-refractivity contribution in [2.24, 2.45) is 0 Å². The Balaban J connectivity index is 1.81. The van der Waals surface area contributed by atoms with Gasteiger partial charge in [-0.3, -0.25) is 9.59 Å². The standard InChI is InChI=1S/C18H17N3O3/c1-11(22)20-12-3-5-13(6-4-12)21-18(23)16-10-19-17-8-7-14(24-2)9-15(16)17/h3-10,19H,1-2H3,(H,20,22)(H,21,23). The molecule has 0 aliphatic heterocycles. The molecule has 0 aliphatic rings. The van der Waals surface area contributed by atoms with Crippen LogP contribution in [0.15, 0.2) is 48.7 Å². The fraction of sp³-hybridized carbons (Fsp3) is 0.111. The molecule has 2 amide bonds. The third kappa shape index (κ3) is 3.22. The number of amides is 2. The van der Waals surface area contributed by atoms with Crippen LogP contribution in [-0.4, -0.2) is 23.9 Å². The lowest BCUT2D eigenvalue weighted by molar-refractivity contribution is -0.114. The quantitative estimate of drug-likeness (QED) is 0.688. The molecule has 6 heteroatoms. The Morgan fingerprint density at radius 2 is 1.67 bits per heavy atom. The molecule has 122 valence electrons. The van der Waals surface area contributed by atoms with Crippen LogP contribution in [0.25, 0.3) is 10.9 Å². The average Bonchev–Trinajstić information content (AvgIpc) is 2.99. The first-order valence-corrected chi connectivity index (χ1v) is 7.41. The van der Waals surface area contributed by atoms with Gasteiger partial charge >= 0.3 is 0 Å². The number of H-pyrrole nitrogens is 1. The summed E-state index contributed by atoms with van der Waals surface area (Å²) in [6.07, 6.45) is 1.67. The normalized spacial score (nSPS) is 10.4. The van der Waals surface area contributed by atoms with E-state index >= 15 is 0 Å². The van der Waals surface area contributed by atoms with Gasteiger partial charge in [-0.15, -0.1) is 0 Å². The van der Waals surface area contributed by atoms with E-state index in [1.807, 2.05) is 18.2 Å². The Labute approximate surface area is 138 Å². The molecule has 0 radical (unpaired) electrons. The molecule has 0 fully saturated rings. The highest BCUT2D eigenvalue weighted by atomic mass is 16.5. The SMILES string of the molecule is COc1ccc2[nH]cc(C(=O)Nc3ccc(NC(C)=O)cc3)c2c1. The third-order valence-corrected chi connectivity index (χ3v) is 3.60.